The molecule has 0 aromatic heterocycles. The van der Waals surface area contributed by atoms with Crippen molar-refractivity contribution in [2.45, 2.75) is 25.7 Å². The predicted octanol–water partition coefficient (Wildman–Crippen LogP) is 5.74. The fourth-order valence-electron chi connectivity index (χ4n) is 2.68. The Morgan fingerprint density at radius 2 is 1.39 bits per heavy atom. The summed E-state index contributed by atoms with van der Waals surface area (Å²) in [5.74, 6) is -7.69. The van der Waals surface area contributed by atoms with Gasteiger partial charge in [-0.3, -0.25) is 0 Å². The number of hydrogen-bond acceptors (Lipinski definition) is 5. The first-order chi connectivity index (χ1) is 15.8. The van der Waals surface area contributed by atoms with E-state index in [1.54, 1.807) is 24.3 Å². The number of nitrogens with zero attached hydrogens (tertiary/aromatic N) is 3. The minimum Gasteiger partial charge on any atom is -0.462 e. The number of terminal acetylenes is 1. The van der Waals surface area contributed by atoms with Gasteiger partial charge in [0, 0.05) is 10.5 Å². The third kappa shape index (κ3) is 6.48. The van der Waals surface area contributed by atoms with Gasteiger partial charge in [-0.2, -0.15) is 0 Å². The maximum atomic E-state index is 13.9. The topological polar surface area (TPSA) is 101 Å². The highest BCUT2D eigenvalue weighted by Gasteiger charge is 2.29. The van der Waals surface area contributed by atoms with Gasteiger partial charge in [0.1, 0.15) is 11.3 Å². The second-order valence-corrected chi connectivity index (χ2v) is 6.58. The Bertz CT molecular complexity index is 1090. The fourth-order valence-corrected chi connectivity index (χ4v) is 2.68. The maximum absolute atomic E-state index is 13.9. The van der Waals surface area contributed by atoms with Gasteiger partial charge in [-0.25, -0.2) is 27.2 Å². The lowest BCUT2D eigenvalue weighted by molar-refractivity contribution is 0.0465. The number of ether oxygens (including phenoxy) is 2. The van der Waals surface area contributed by atoms with Crippen molar-refractivity contribution >= 4 is 17.6 Å². The average Bonchev–Trinajstić information content (AvgIpc) is 2.82. The number of hydrogen-bond donors (Lipinski definition) is 0. The molecule has 172 valence electrons. The number of carbonyl (C=O) groups is 2. The van der Waals surface area contributed by atoms with Crippen LogP contribution in [0.25, 0.3) is 10.4 Å². The number of esters is 2. The van der Waals surface area contributed by atoms with Gasteiger partial charge in [0.15, 0.2) is 23.3 Å². The van der Waals surface area contributed by atoms with Gasteiger partial charge in [-0.15, -0.1) is 6.42 Å². The molecule has 0 unspecified atom stereocenters. The summed E-state index contributed by atoms with van der Waals surface area (Å²) in [7, 11) is 0. The van der Waals surface area contributed by atoms with E-state index in [1.165, 1.54) is 0 Å². The molecule has 0 heterocycles. The van der Waals surface area contributed by atoms with Crippen LogP contribution in [-0.4, -0.2) is 25.2 Å². The Kier molecular flexibility index (Phi) is 9.27. The summed E-state index contributed by atoms with van der Waals surface area (Å²) in [5.41, 5.74) is 6.13. The molecule has 0 aliphatic rings. The standard InChI is InChI=1S/C22H17F4N3O4/c1-2-13-7-9-14(10-8-13)21(30)32-11-5-3-4-6-12-33-22(31)15-16(23)18(25)20(28-29-27)19(26)17(15)24/h1,7-10H,3-6,11-12H2. The summed E-state index contributed by atoms with van der Waals surface area (Å²) >= 11 is 0. The molecule has 7 nitrogen and oxygen atoms in total. The summed E-state index contributed by atoms with van der Waals surface area (Å²) in [6, 6.07) is 6.35. The van der Waals surface area contributed by atoms with Crippen LogP contribution in [-0.2, 0) is 9.47 Å². The van der Waals surface area contributed by atoms with Crippen molar-refractivity contribution in [1.82, 2.24) is 0 Å². The predicted molar refractivity (Wildman–Crippen MR) is 108 cm³/mol. The van der Waals surface area contributed by atoms with Crippen LogP contribution in [0.15, 0.2) is 29.4 Å². The monoisotopic (exact) mass is 463 g/mol. The Labute approximate surface area is 185 Å². The molecule has 0 fully saturated rings. The lowest BCUT2D eigenvalue weighted by Gasteiger charge is -2.09. The molecule has 0 aliphatic heterocycles. The van der Waals surface area contributed by atoms with Gasteiger partial charge < -0.3 is 9.47 Å². The van der Waals surface area contributed by atoms with Gasteiger partial charge in [0.2, 0.25) is 0 Å². The summed E-state index contributed by atoms with van der Waals surface area (Å²) in [4.78, 5) is 25.8. The molecule has 0 bridgehead atoms. The second-order valence-electron chi connectivity index (χ2n) is 6.58. The SMILES string of the molecule is C#Cc1ccc(C(=O)OCCCCCCOC(=O)c2c(F)c(F)c(N=[N+]=[N-])c(F)c2F)cc1. The minimum atomic E-state index is -2.02. The first-order valence-electron chi connectivity index (χ1n) is 9.63. The van der Waals surface area contributed by atoms with Gasteiger partial charge in [0.05, 0.1) is 18.8 Å². The molecule has 0 atom stereocenters. The molecule has 2 aromatic rings. The Morgan fingerprint density at radius 3 is 1.88 bits per heavy atom. The van der Waals surface area contributed by atoms with Crippen molar-refractivity contribution in [1.29, 1.82) is 0 Å². The second kappa shape index (κ2) is 12.1. The summed E-state index contributed by atoms with van der Waals surface area (Å²) in [5, 5.41) is 2.53. The first kappa shape index (κ1) is 25.2. The minimum absolute atomic E-state index is 0.155. The van der Waals surface area contributed by atoms with Gasteiger partial charge >= 0.3 is 11.9 Å². The quantitative estimate of drug-likeness (QED) is 0.0655. The van der Waals surface area contributed by atoms with E-state index in [0.717, 1.165) is 0 Å². The van der Waals surface area contributed by atoms with Gasteiger partial charge in [0.25, 0.3) is 0 Å². The van der Waals surface area contributed by atoms with E-state index in [2.05, 4.69) is 20.7 Å². The van der Waals surface area contributed by atoms with Crippen LogP contribution >= 0.6 is 0 Å². The van der Waals surface area contributed by atoms with Crippen molar-refractivity contribution in [2.24, 2.45) is 5.11 Å². The average molecular weight is 463 g/mol. The molecule has 2 rings (SSSR count). The highest BCUT2D eigenvalue weighted by molar-refractivity contribution is 5.90. The van der Waals surface area contributed by atoms with E-state index < -0.39 is 46.5 Å². The van der Waals surface area contributed by atoms with Crippen molar-refractivity contribution in [3.63, 3.8) is 0 Å². The number of unbranched alkanes of at least 4 members (excludes halogenated alkanes) is 3. The van der Waals surface area contributed by atoms with Crippen molar-refractivity contribution in [3.05, 3.63) is 74.7 Å². The lowest BCUT2D eigenvalue weighted by Crippen LogP contribution is -2.14. The normalized spacial score (nSPS) is 10.2. The summed E-state index contributed by atoms with van der Waals surface area (Å²) < 4.78 is 65.0. The zero-order valence-corrected chi connectivity index (χ0v) is 17.1. The Morgan fingerprint density at radius 1 is 0.879 bits per heavy atom. The Balaban J connectivity index is 1.73. The van der Waals surface area contributed by atoms with E-state index in [4.69, 9.17) is 16.7 Å². The van der Waals surface area contributed by atoms with Crippen LogP contribution in [0.2, 0.25) is 0 Å². The van der Waals surface area contributed by atoms with E-state index in [1.807, 2.05) is 0 Å². The van der Waals surface area contributed by atoms with Crippen molar-refractivity contribution in [3.8, 4) is 12.3 Å². The molecule has 0 spiro atoms. The van der Waals surface area contributed by atoms with Crippen LogP contribution in [0.1, 0.15) is 52.0 Å². The molecule has 0 N–H and O–H groups in total. The summed E-state index contributed by atoms with van der Waals surface area (Å²) in [6.45, 7) is -0.109. The third-order valence-corrected chi connectivity index (χ3v) is 4.38. The fraction of sp³-hybridized carbons (Fsp3) is 0.273. The number of carbonyl (C=O) groups excluding carboxylic acids is 2. The number of benzene rings is 2. The number of rotatable bonds is 10. The molecule has 0 saturated heterocycles. The molecule has 2 aromatic carbocycles. The number of halogens is 4. The van der Waals surface area contributed by atoms with E-state index in [9.17, 15) is 27.2 Å². The molecule has 0 amide bonds. The smallest absolute Gasteiger partial charge is 0.344 e. The largest absolute Gasteiger partial charge is 0.462 e. The lowest BCUT2D eigenvalue weighted by atomic mass is 10.1. The molecule has 0 radical (unpaired) electrons. The summed E-state index contributed by atoms with van der Waals surface area (Å²) in [6.07, 6.45) is 7.16. The third-order valence-electron chi connectivity index (χ3n) is 4.38. The molecule has 0 aliphatic carbocycles. The highest BCUT2D eigenvalue weighted by atomic mass is 19.2. The van der Waals surface area contributed by atoms with Gasteiger partial charge in [-0.05, 0) is 55.5 Å². The molecular weight excluding hydrogens is 446 g/mol. The molecule has 11 heteroatoms. The van der Waals surface area contributed by atoms with Crippen LogP contribution in [0.3, 0.4) is 0 Å². The maximum Gasteiger partial charge on any atom is 0.344 e. The number of azide groups is 1. The van der Waals surface area contributed by atoms with E-state index >= 15 is 0 Å². The van der Waals surface area contributed by atoms with Crippen LogP contribution < -0.4 is 0 Å². The van der Waals surface area contributed by atoms with Crippen LogP contribution in [0.5, 0.6) is 0 Å². The molecule has 0 saturated carbocycles. The zero-order chi connectivity index (χ0) is 24.4. The molecule has 33 heavy (non-hydrogen) atoms. The van der Waals surface area contributed by atoms with Crippen molar-refractivity contribution < 1.29 is 36.6 Å². The highest BCUT2D eigenvalue weighted by Crippen LogP contribution is 2.30. The Hall–Kier alpha value is -4.03. The van der Waals surface area contributed by atoms with Crippen LogP contribution in [0.4, 0.5) is 23.2 Å². The van der Waals surface area contributed by atoms with E-state index in [-0.39, 0.29) is 19.6 Å². The molecular formula is C22H17F4N3O4. The van der Waals surface area contributed by atoms with E-state index in [0.29, 0.717) is 30.4 Å². The van der Waals surface area contributed by atoms with Crippen molar-refractivity contribution in [2.75, 3.05) is 13.2 Å². The van der Waals surface area contributed by atoms with Gasteiger partial charge in [-0.1, -0.05) is 11.0 Å². The first-order valence-corrected chi connectivity index (χ1v) is 9.63. The zero-order valence-electron chi connectivity index (χ0n) is 17.1. The van der Waals surface area contributed by atoms with Crippen LogP contribution in [0, 0.1) is 35.6 Å².